The molecule has 114 valence electrons. The predicted octanol–water partition coefficient (Wildman–Crippen LogP) is 3.81. The Kier molecular flexibility index (Phi) is 3.36. The highest BCUT2D eigenvalue weighted by Gasteiger charge is 2.36. The van der Waals surface area contributed by atoms with Crippen molar-refractivity contribution in [2.45, 2.75) is 38.5 Å². The van der Waals surface area contributed by atoms with Gasteiger partial charge in [-0.1, -0.05) is 25.5 Å². The molecule has 0 saturated heterocycles. The standard InChI is InChI=1S/C15H17F3N2O/c1-2-4-11-13-9-5-3-6-10(15(16,17)18)12(9)14(21)20(13)8-7-19-11/h3,5-6,11,19,21H,2,4,7-8H2,1H3/t11-/m0/s1. The summed E-state index contributed by atoms with van der Waals surface area (Å²) in [7, 11) is 0. The van der Waals surface area contributed by atoms with E-state index in [2.05, 4.69) is 5.32 Å². The molecule has 0 unspecified atom stereocenters. The summed E-state index contributed by atoms with van der Waals surface area (Å²) in [5.41, 5.74) is -0.00338. The van der Waals surface area contributed by atoms with Gasteiger partial charge in [0.1, 0.15) is 0 Å². The maximum absolute atomic E-state index is 13.2. The highest BCUT2D eigenvalue weighted by Crippen LogP contribution is 2.44. The number of benzene rings is 1. The molecule has 6 heteroatoms. The van der Waals surface area contributed by atoms with Crippen molar-refractivity contribution in [2.24, 2.45) is 0 Å². The minimum Gasteiger partial charge on any atom is -0.494 e. The molecule has 1 aliphatic heterocycles. The van der Waals surface area contributed by atoms with E-state index < -0.39 is 11.7 Å². The monoisotopic (exact) mass is 298 g/mol. The molecule has 2 N–H and O–H groups in total. The fraction of sp³-hybridized carbons (Fsp3) is 0.467. The molecule has 3 nitrogen and oxygen atoms in total. The molecule has 1 aromatic heterocycles. The second-order valence-electron chi connectivity index (χ2n) is 5.38. The summed E-state index contributed by atoms with van der Waals surface area (Å²) >= 11 is 0. The van der Waals surface area contributed by atoms with Crippen LogP contribution in [0.3, 0.4) is 0 Å². The average Bonchev–Trinajstić information content (AvgIpc) is 2.73. The van der Waals surface area contributed by atoms with E-state index in [-0.39, 0.29) is 17.3 Å². The Labute approximate surface area is 120 Å². The number of aromatic nitrogens is 1. The van der Waals surface area contributed by atoms with Crippen LogP contribution in [0.2, 0.25) is 0 Å². The number of hydrogen-bond acceptors (Lipinski definition) is 2. The quantitative estimate of drug-likeness (QED) is 0.884. The molecule has 1 aliphatic rings. The van der Waals surface area contributed by atoms with E-state index in [1.165, 1.54) is 6.07 Å². The molecule has 1 atom stereocenters. The van der Waals surface area contributed by atoms with E-state index in [0.29, 0.717) is 18.5 Å². The van der Waals surface area contributed by atoms with Crippen LogP contribution in [0.15, 0.2) is 18.2 Å². The van der Waals surface area contributed by atoms with E-state index >= 15 is 0 Å². The zero-order chi connectivity index (χ0) is 15.2. The first kappa shape index (κ1) is 14.3. The summed E-state index contributed by atoms with van der Waals surface area (Å²) in [5, 5.41) is 14.0. The van der Waals surface area contributed by atoms with Crippen LogP contribution in [0.1, 0.15) is 37.1 Å². The van der Waals surface area contributed by atoms with Crippen molar-refractivity contribution in [1.82, 2.24) is 9.88 Å². The molecule has 21 heavy (non-hydrogen) atoms. The second kappa shape index (κ2) is 4.94. The lowest BCUT2D eigenvalue weighted by Gasteiger charge is -2.26. The van der Waals surface area contributed by atoms with Gasteiger partial charge in [-0.3, -0.25) is 0 Å². The van der Waals surface area contributed by atoms with Gasteiger partial charge in [-0.25, -0.2) is 0 Å². The molecule has 0 amide bonds. The summed E-state index contributed by atoms with van der Waals surface area (Å²) in [6.45, 7) is 3.16. The second-order valence-corrected chi connectivity index (χ2v) is 5.38. The van der Waals surface area contributed by atoms with E-state index in [1.54, 1.807) is 10.6 Å². The van der Waals surface area contributed by atoms with Gasteiger partial charge in [-0.15, -0.1) is 0 Å². The Morgan fingerprint density at radius 2 is 2.14 bits per heavy atom. The first-order valence-corrected chi connectivity index (χ1v) is 7.09. The molecule has 1 aromatic carbocycles. The Balaban J connectivity index is 2.30. The van der Waals surface area contributed by atoms with Gasteiger partial charge >= 0.3 is 6.18 Å². The fourth-order valence-corrected chi connectivity index (χ4v) is 3.21. The van der Waals surface area contributed by atoms with Crippen molar-refractivity contribution < 1.29 is 18.3 Å². The smallest absolute Gasteiger partial charge is 0.417 e. The summed E-state index contributed by atoms with van der Waals surface area (Å²) in [6, 6.07) is 4.07. The summed E-state index contributed by atoms with van der Waals surface area (Å²) in [5.74, 6) is -0.268. The van der Waals surface area contributed by atoms with Crippen molar-refractivity contribution >= 4 is 10.8 Å². The van der Waals surface area contributed by atoms with Gasteiger partial charge in [0.05, 0.1) is 10.9 Å². The summed E-state index contributed by atoms with van der Waals surface area (Å²) in [6.07, 6.45) is -2.72. The first-order chi connectivity index (χ1) is 9.95. The lowest BCUT2D eigenvalue weighted by Crippen LogP contribution is -2.32. The summed E-state index contributed by atoms with van der Waals surface area (Å²) in [4.78, 5) is 0. The molecule has 0 saturated carbocycles. The average molecular weight is 298 g/mol. The van der Waals surface area contributed by atoms with E-state index in [9.17, 15) is 18.3 Å². The molecule has 0 spiro atoms. The van der Waals surface area contributed by atoms with Crippen molar-refractivity contribution in [2.75, 3.05) is 6.54 Å². The number of rotatable bonds is 2. The molecule has 2 heterocycles. The van der Waals surface area contributed by atoms with Crippen LogP contribution < -0.4 is 5.32 Å². The largest absolute Gasteiger partial charge is 0.494 e. The molecule has 0 radical (unpaired) electrons. The number of alkyl halides is 3. The predicted molar refractivity (Wildman–Crippen MR) is 74.3 cm³/mol. The van der Waals surface area contributed by atoms with Gasteiger partial charge < -0.3 is 15.0 Å². The van der Waals surface area contributed by atoms with Crippen LogP contribution in [-0.4, -0.2) is 16.2 Å². The topological polar surface area (TPSA) is 37.2 Å². The molecular formula is C15H17F3N2O. The molecule has 0 bridgehead atoms. The zero-order valence-electron chi connectivity index (χ0n) is 11.7. The van der Waals surface area contributed by atoms with Crippen LogP contribution in [-0.2, 0) is 12.7 Å². The molecule has 3 rings (SSSR count). The third-order valence-electron chi connectivity index (χ3n) is 4.05. The van der Waals surface area contributed by atoms with Crippen molar-refractivity contribution in [1.29, 1.82) is 0 Å². The van der Waals surface area contributed by atoms with Crippen molar-refractivity contribution in [3.8, 4) is 5.88 Å². The lowest BCUT2D eigenvalue weighted by atomic mass is 10.0. The van der Waals surface area contributed by atoms with Gasteiger partial charge in [0.2, 0.25) is 0 Å². The third kappa shape index (κ3) is 2.18. The van der Waals surface area contributed by atoms with Crippen molar-refractivity contribution in [3.05, 3.63) is 29.5 Å². The number of aromatic hydroxyl groups is 1. The SMILES string of the molecule is CCC[C@@H]1NCCn2c1c1cccc(C(F)(F)F)c1c2O. The maximum atomic E-state index is 13.2. The van der Waals surface area contributed by atoms with Gasteiger partial charge in [0, 0.05) is 30.2 Å². The van der Waals surface area contributed by atoms with Crippen LogP contribution >= 0.6 is 0 Å². The minimum atomic E-state index is -4.47. The highest BCUT2D eigenvalue weighted by molar-refractivity contribution is 5.94. The van der Waals surface area contributed by atoms with E-state index in [0.717, 1.165) is 24.6 Å². The minimum absolute atomic E-state index is 0.0179. The molecule has 2 aromatic rings. The van der Waals surface area contributed by atoms with Gasteiger partial charge in [0.15, 0.2) is 5.88 Å². The Morgan fingerprint density at radius 3 is 2.81 bits per heavy atom. The fourth-order valence-electron chi connectivity index (χ4n) is 3.21. The number of nitrogens with zero attached hydrogens (tertiary/aromatic N) is 1. The van der Waals surface area contributed by atoms with Gasteiger partial charge in [0.25, 0.3) is 0 Å². The van der Waals surface area contributed by atoms with E-state index in [1.807, 2.05) is 6.92 Å². The third-order valence-corrected chi connectivity index (χ3v) is 4.05. The van der Waals surface area contributed by atoms with Crippen LogP contribution in [0.5, 0.6) is 5.88 Å². The number of fused-ring (bicyclic) bond motifs is 3. The maximum Gasteiger partial charge on any atom is 0.417 e. The first-order valence-electron chi connectivity index (χ1n) is 7.09. The number of halogens is 3. The van der Waals surface area contributed by atoms with Gasteiger partial charge in [-0.05, 0) is 12.5 Å². The Bertz CT molecular complexity index is 676. The molecule has 0 aliphatic carbocycles. The number of nitrogens with one attached hydrogen (secondary N) is 1. The molecular weight excluding hydrogens is 281 g/mol. The zero-order valence-corrected chi connectivity index (χ0v) is 11.7. The Morgan fingerprint density at radius 1 is 1.38 bits per heavy atom. The van der Waals surface area contributed by atoms with Crippen LogP contribution in [0, 0.1) is 0 Å². The summed E-state index contributed by atoms with van der Waals surface area (Å²) < 4.78 is 41.1. The van der Waals surface area contributed by atoms with Crippen molar-refractivity contribution in [3.63, 3.8) is 0 Å². The molecule has 0 fully saturated rings. The number of hydrogen-bond donors (Lipinski definition) is 2. The normalized spacial score (nSPS) is 19.0. The highest BCUT2D eigenvalue weighted by atomic mass is 19.4. The van der Waals surface area contributed by atoms with Gasteiger partial charge in [-0.2, -0.15) is 13.2 Å². The van der Waals surface area contributed by atoms with Crippen LogP contribution in [0.25, 0.3) is 10.8 Å². The van der Waals surface area contributed by atoms with Crippen LogP contribution in [0.4, 0.5) is 13.2 Å². The lowest BCUT2D eigenvalue weighted by molar-refractivity contribution is -0.136. The Hall–Kier alpha value is -1.69. The van der Waals surface area contributed by atoms with E-state index in [4.69, 9.17) is 0 Å².